The van der Waals surface area contributed by atoms with Gasteiger partial charge in [-0.05, 0) is 53.1 Å². The van der Waals surface area contributed by atoms with Gasteiger partial charge >= 0.3 is 0 Å². The highest BCUT2D eigenvalue weighted by molar-refractivity contribution is 4.98. The smallest absolute Gasteiger partial charge is 0.0687 e. The molecule has 0 spiro atoms. The van der Waals surface area contributed by atoms with Crippen molar-refractivity contribution in [2.75, 3.05) is 19.6 Å². The predicted octanol–water partition coefficient (Wildman–Crippen LogP) is 1.77. The zero-order valence-electron chi connectivity index (χ0n) is 10.1. The number of hydrogen-bond donors (Lipinski definition) is 1. The van der Waals surface area contributed by atoms with Crippen molar-refractivity contribution >= 4 is 0 Å². The molecule has 3 nitrogen and oxygen atoms in total. The topological polar surface area (TPSA) is 47.3 Å². The van der Waals surface area contributed by atoms with E-state index < -0.39 is 5.60 Å². The van der Waals surface area contributed by atoms with Gasteiger partial charge in [0.1, 0.15) is 0 Å². The molecule has 0 aromatic heterocycles. The maximum atomic E-state index is 9.62. The summed E-state index contributed by atoms with van der Waals surface area (Å²) in [6, 6.07) is 2.40. The van der Waals surface area contributed by atoms with Crippen LogP contribution in [-0.4, -0.2) is 35.2 Å². The Morgan fingerprint density at radius 3 is 2.33 bits per heavy atom. The van der Waals surface area contributed by atoms with E-state index in [1.807, 2.05) is 20.8 Å². The van der Waals surface area contributed by atoms with E-state index in [9.17, 15) is 5.11 Å². The van der Waals surface area contributed by atoms with Crippen molar-refractivity contribution < 1.29 is 5.11 Å². The van der Waals surface area contributed by atoms with E-state index in [4.69, 9.17) is 5.26 Å². The van der Waals surface area contributed by atoms with Gasteiger partial charge in [0.05, 0.1) is 17.1 Å². The van der Waals surface area contributed by atoms with Gasteiger partial charge in [0.15, 0.2) is 0 Å². The summed E-state index contributed by atoms with van der Waals surface area (Å²) >= 11 is 0. The summed E-state index contributed by atoms with van der Waals surface area (Å²) in [6.07, 6.45) is 2.71. The largest absolute Gasteiger partial charge is 0.390 e. The molecule has 1 N–H and O–H groups in total. The third kappa shape index (κ3) is 4.19. The van der Waals surface area contributed by atoms with Crippen molar-refractivity contribution in [1.82, 2.24) is 4.90 Å². The summed E-state index contributed by atoms with van der Waals surface area (Å²) in [5, 5.41) is 18.6. The Bertz CT molecular complexity index is 241. The number of rotatable bonds is 3. The molecule has 0 saturated carbocycles. The molecule has 1 fully saturated rings. The molecular formula is C12H22N2O. The highest BCUT2D eigenvalue weighted by atomic mass is 16.3. The highest BCUT2D eigenvalue weighted by Crippen LogP contribution is 2.29. The molecule has 0 aromatic carbocycles. The van der Waals surface area contributed by atoms with Crippen molar-refractivity contribution in [2.24, 2.45) is 5.41 Å². The van der Waals surface area contributed by atoms with Gasteiger partial charge in [-0.1, -0.05) is 0 Å². The molecule has 0 atom stereocenters. The van der Waals surface area contributed by atoms with E-state index >= 15 is 0 Å². The maximum absolute atomic E-state index is 9.62. The molecule has 0 amide bonds. The van der Waals surface area contributed by atoms with Crippen molar-refractivity contribution in [3.8, 4) is 6.07 Å². The first-order chi connectivity index (χ1) is 6.85. The molecule has 0 unspecified atom stereocenters. The second-order valence-electron chi connectivity index (χ2n) is 5.58. The first-order valence-electron chi connectivity index (χ1n) is 5.71. The second-order valence-corrected chi connectivity index (χ2v) is 5.58. The van der Waals surface area contributed by atoms with E-state index in [2.05, 4.69) is 11.0 Å². The van der Waals surface area contributed by atoms with Crippen LogP contribution >= 0.6 is 0 Å². The molecule has 0 radical (unpaired) electrons. The van der Waals surface area contributed by atoms with Crippen molar-refractivity contribution in [3.63, 3.8) is 0 Å². The third-order valence-corrected chi connectivity index (χ3v) is 3.27. The lowest BCUT2D eigenvalue weighted by molar-refractivity contribution is 0.0495. The minimum absolute atomic E-state index is 0.120. The monoisotopic (exact) mass is 210 g/mol. The van der Waals surface area contributed by atoms with Crippen LogP contribution in [0.1, 0.15) is 40.0 Å². The number of likely N-dealkylation sites (tertiary alicyclic amines) is 1. The quantitative estimate of drug-likeness (QED) is 0.772. The van der Waals surface area contributed by atoms with Crippen LogP contribution < -0.4 is 0 Å². The van der Waals surface area contributed by atoms with Crippen LogP contribution in [0.15, 0.2) is 0 Å². The Morgan fingerprint density at radius 2 is 1.93 bits per heavy atom. The van der Waals surface area contributed by atoms with E-state index in [1.165, 1.54) is 0 Å². The summed E-state index contributed by atoms with van der Waals surface area (Å²) in [4.78, 5) is 2.34. The van der Waals surface area contributed by atoms with Crippen LogP contribution in [0.3, 0.4) is 0 Å². The molecule has 0 bridgehead atoms. The Balaban J connectivity index is 2.30. The molecule has 1 rings (SSSR count). The van der Waals surface area contributed by atoms with Gasteiger partial charge in [-0.2, -0.15) is 5.26 Å². The molecule has 1 aliphatic heterocycles. The van der Waals surface area contributed by atoms with Gasteiger partial charge < -0.3 is 10.0 Å². The molecule has 1 saturated heterocycles. The summed E-state index contributed by atoms with van der Waals surface area (Å²) in [5.41, 5.74) is -0.693. The zero-order valence-corrected chi connectivity index (χ0v) is 10.1. The lowest BCUT2D eigenvalue weighted by atomic mass is 9.82. The fourth-order valence-electron chi connectivity index (χ4n) is 1.81. The number of piperidine rings is 1. The Morgan fingerprint density at radius 1 is 1.40 bits per heavy atom. The van der Waals surface area contributed by atoms with Crippen LogP contribution in [0.25, 0.3) is 0 Å². The fraction of sp³-hybridized carbons (Fsp3) is 0.917. The zero-order chi connectivity index (χ0) is 11.5. The van der Waals surface area contributed by atoms with Gasteiger partial charge in [-0.25, -0.2) is 0 Å². The summed E-state index contributed by atoms with van der Waals surface area (Å²) < 4.78 is 0. The molecule has 3 heteroatoms. The molecular weight excluding hydrogens is 188 g/mol. The van der Waals surface area contributed by atoms with Crippen molar-refractivity contribution in [3.05, 3.63) is 0 Å². The average Bonchev–Trinajstić information content (AvgIpc) is 2.16. The van der Waals surface area contributed by atoms with Crippen LogP contribution in [0.2, 0.25) is 0 Å². The highest BCUT2D eigenvalue weighted by Gasteiger charge is 2.30. The minimum Gasteiger partial charge on any atom is -0.390 e. The molecule has 0 aliphatic carbocycles. The van der Waals surface area contributed by atoms with Crippen LogP contribution in [-0.2, 0) is 0 Å². The van der Waals surface area contributed by atoms with Gasteiger partial charge in [-0.3, -0.25) is 0 Å². The van der Waals surface area contributed by atoms with Crippen LogP contribution in [0.5, 0.6) is 0 Å². The summed E-state index contributed by atoms with van der Waals surface area (Å²) in [6.45, 7) is 8.64. The van der Waals surface area contributed by atoms with E-state index in [0.717, 1.165) is 38.9 Å². The SMILES string of the molecule is CC(C)(O)CCN1CCC(C)(C#N)CC1. The standard InChI is InChI=1S/C12H22N2O/c1-11(2,15)4-7-14-8-5-12(3,10-13)6-9-14/h15H,4-9H2,1-3H3. The number of hydrogen-bond acceptors (Lipinski definition) is 3. The first kappa shape index (κ1) is 12.5. The van der Waals surface area contributed by atoms with Crippen LogP contribution in [0, 0.1) is 16.7 Å². The Kier molecular flexibility index (Phi) is 3.75. The number of nitriles is 1. The molecule has 86 valence electrons. The fourth-order valence-corrected chi connectivity index (χ4v) is 1.81. The number of nitrogens with zero attached hydrogens (tertiary/aromatic N) is 2. The van der Waals surface area contributed by atoms with Crippen LogP contribution in [0.4, 0.5) is 0 Å². The lowest BCUT2D eigenvalue weighted by Crippen LogP contribution is -2.40. The van der Waals surface area contributed by atoms with Gasteiger partial charge in [0.25, 0.3) is 0 Å². The van der Waals surface area contributed by atoms with Crippen molar-refractivity contribution in [2.45, 2.75) is 45.6 Å². The number of aliphatic hydroxyl groups is 1. The van der Waals surface area contributed by atoms with Crippen molar-refractivity contribution in [1.29, 1.82) is 5.26 Å². The minimum atomic E-state index is -0.573. The molecule has 1 aliphatic rings. The third-order valence-electron chi connectivity index (χ3n) is 3.27. The van der Waals surface area contributed by atoms with Gasteiger partial charge in [-0.15, -0.1) is 0 Å². The maximum Gasteiger partial charge on any atom is 0.0687 e. The molecule has 0 aromatic rings. The second kappa shape index (κ2) is 4.51. The normalized spacial score (nSPS) is 22.3. The molecule has 1 heterocycles. The predicted molar refractivity (Wildman–Crippen MR) is 60.3 cm³/mol. The Labute approximate surface area is 92.7 Å². The van der Waals surface area contributed by atoms with E-state index in [0.29, 0.717) is 0 Å². The van der Waals surface area contributed by atoms with E-state index in [1.54, 1.807) is 0 Å². The van der Waals surface area contributed by atoms with E-state index in [-0.39, 0.29) is 5.41 Å². The summed E-state index contributed by atoms with van der Waals surface area (Å²) in [7, 11) is 0. The Hall–Kier alpha value is -0.590. The average molecular weight is 210 g/mol. The first-order valence-corrected chi connectivity index (χ1v) is 5.71. The van der Waals surface area contributed by atoms with Gasteiger partial charge in [0.2, 0.25) is 0 Å². The summed E-state index contributed by atoms with van der Waals surface area (Å²) in [5.74, 6) is 0. The molecule has 15 heavy (non-hydrogen) atoms. The van der Waals surface area contributed by atoms with Gasteiger partial charge in [0, 0.05) is 6.54 Å². The lowest BCUT2D eigenvalue weighted by Gasteiger charge is -2.35.